The Bertz CT molecular complexity index is 817. The highest BCUT2D eigenvalue weighted by Gasteiger charge is 2.23. The van der Waals surface area contributed by atoms with Crippen molar-refractivity contribution in [2.75, 3.05) is 0 Å². The lowest BCUT2D eigenvalue weighted by atomic mass is 9.95. The molecule has 0 aliphatic heterocycles. The van der Waals surface area contributed by atoms with Gasteiger partial charge >= 0.3 is 5.97 Å². The smallest absolute Gasteiger partial charge is 0.336 e. The van der Waals surface area contributed by atoms with Crippen molar-refractivity contribution in [2.24, 2.45) is 0 Å². The van der Waals surface area contributed by atoms with Crippen molar-refractivity contribution < 1.29 is 19.1 Å². The van der Waals surface area contributed by atoms with Gasteiger partial charge in [-0.1, -0.05) is 41.4 Å². The second-order valence-corrected chi connectivity index (χ2v) is 9.17. The van der Waals surface area contributed by atoms with Gasteiger partial charge in [-0.3, -0.25) is 4.79 Å². The van der Waals surface area contributed by atoms with Crippen LogP contribution in [0.4, 0.5) is 0 Å². The molecule has 0 fully saturated rings. The maximum Gasteiger partial charge on any atom is 0.336 e. The van der Waals surface area contributed by atoms with Gasteiger partial charge in [0.25, 0.3) is 9.04 Å². The van der Waals surface area contributed by atoms with Crippen LogP contribution in [0.1, 0.15) is 51.6 Å². The highest BCUT2D eigenvalue weighted by atomic mass is 79.9. The summed E-state index contributed by atoms with van der Waals surface area (Å²) in [6, 6.07) is 10.2. The van der Waals surface area contributed by atoms with E-state index in [1.165, 1.54) is 6.07 Å². The van der Waals surface area contributed by atoms with Gasteiger partial charge in [0, 0.05) is 10.0 Å². The van der Waals surface area contributed by atoms with E-state index >= 15 is 0 Å². The van der Waals surface area contributed by atoms with Crippen molar-refractivity contribution in [2.45, 2.75) is 39.3 Å². The molecule has 0 heterocycles. The number of rotatable bonds is 8. The van der Waals surface area contributed by atoms with Crippen molar-refractivity contribution >= 4 is 36.7 Å². The van der Waals surface area contributed by atoms with Crippen LogP contribution in [0.25, 0.3) is 0 Å². The third kappa shape index (κ3) is 4.83. The summed E-state index contributed by atoms with van der Waals surface area (Å²) in [7, 11) is -1.08. The fourth-order valence-corrected chi connectivity index (χ4v) is 3.70. The van der Waals surface area contributed by atoms with Gasteiger partial charge in [-0.15, -0.1) is 0 Å². The van der Waals surface area contributed by atoms with E-state index in [0.29, 0.717) is 15.8 Å². The molecule has 0 atom stereocenters. The number of carboxylic acid groups (broad SMARTS) is 1. The number of benzene rings is 2. The SMILES string of the molecule is CCCCc1cccc(C(=O)c2ccc(Br)cc2C(=O)O)c1O[Si](C)C. The molecule has 6 heteroatoms. The molecule has 2 aromatic carbocycles. The minimum atomic E-state index is -1.13. The maximum atomic E-state index is 13.2. The predicted octanol–water partition coefficient (Wildman–Crippen LogP) is 5.35. The number of aryl methyl sites for hydroxylation is 1. The van der Waals surface area contributed by atoms with Crippen LogP contribution < -0.4 is 4.43 Å². The quantitative estimate of drug-likeness (QED) is 0.449. The fraction of sp³-hybridized carbons (Fsp3) is 0.300. The highest BCUT2D eigenvalue weighted by molar-refractivity contribution is 9.10. The minimum absolute atomic E-state index is 0.0205. The number of ketones is 1. The van der Waals surface area contributed by atoms with Crippen LogP contribution in [0.15, 0.2) is 40.9 Å². The number of para-hydroxylation sites is 1. The number of carbonyl (C=O) groups is 2. The molecule has 0 unspecified atom stereocenters. The molecule has 1 N–H and O–H groups in total. The van der Waals surface area contributed by atoms with E-state index in [-0.39, 0.29) is 16.9 Å². The monoisotopic (exact) mass is 433 g/mol. The van der Waals surface area contributed by atoms with E-state index in [0.717, 1.165) is 24.8 Å². The lowest BCUT2D eigenvalue weighted by Gasteiger charge is -2.18. The van der Waals surface area contributed by atoms with Crippen LogP contribution in [-0.2, 0) is 6.42 Å². The van der Waals surface area contributed by atoms with E-state index in [9.17, 15) is 14.7 Å². The molecule has 4 nitrogen and oxygen atoms in total. The van der Waals surface area contributed by atoms with Crippen LogP contribution in [-0.4, -0.2) is 25.9 Å². The zero-order chi connectivity index (χ0) is 19.3. The van der Waals surface area contributed by atoms with E-state index in [1.807, 2.05) is 25.2 Å². The third-order valence-electron chi connectivity index (χ3n) is 3.90. The van der Waals surface area contributed by atoms with E-state index in [1.54, 1.807) is 18.2 Å². The van der Waals surface area contributed by atoms with Crippen LogP contribution in [0.5, 0.6) is 5.75 Å². The predicted molar refractivity (Wildman–Crippen MR) is 108 cm³/mol. The summed E-state index contributed by atoms with van der Waals surface area (Å²) in [5, 5.41) is 9.47. The highest BCUT2D eigenvalue weighted by Crippen LogP contribution is 2.30. The molecule has 0 saturated carbocycles. The van der Waals surface area contributed by atoms with Gasteiger partial charge < -0.3 is 9.53 Å². The minimum Gasteiger partial charge on any atom is -0.542 e. The van der Waals surface area contributed by atoms with Gasteiger partial charge in [0.05, 0.1) is 11.1 Å². The van der Waals surface area contributed by atoms with Gasteiger partial charge in [0.15, 0.2) is 5.78 Å². The summed E-state index contributed by atoms with van der Waals surface area (Å²) in [6.45, 7) is 6.14. The van der Waals surface area contributed by atoms with Gasteiger partial charge in [-0.2, -0.15) is 0 Å². The molecule has 0 aliphatic carbocycles. The average molecular weight is 434 g/mol. The molecule has 0 amide bonds. The lowest BCUT2D eigenvalue weighted by molar-refractivity contribution is 0.0692. The Morgan fingerprint density at radius 2 is 1.85 bits per heavy atom. The summed E-state index contributed by atoms with van der Waals surface area (Å²) >= 11 is 3.26. The molecule has 2 rings (SSSR count). The van der Waals surface area contributed by atoms with Crippen molar-refractivity contribution in [1.29, 1.82) is 0 Å². The summed E-state index contributed by atoms with van der Waals surface area (Å²) in [5.41, 5.74) is 1.57. The number of halogens is 1. The summed E-state index contributed by atoms with van der Waals surface area (Å²) in [6.07, 6.45) is 2.87. The Kier molecular flexibility index (Phi) is 7.17. The molecule has 137 valence electrons. The van der Waals surface area contributed by atoms with Crippen LogP contribution in [0.3, 0.4) is 0 Å². The topological polar surface area (TPSA) is 63.6 Å². The second-order valence-electron chi connectivity index (χ2n) is 6.23. The first-order chi connectivity index (χ1) is 12.3. The van der Waals surface area contributed by atoms with Gasteiger partial charge in [-0.25, -0.2) is 4.79 Å². The zero-order valence-corrected chi connectivity index (χ0v) is 17.7. The summed E-state index contributed by atoms with van der Waals surface area (Å²) in [5.74, 6) is -0.856. The fourth-order valence-electron chi connectivity index (χ4n) is 2.69. The Balaban J connectivity index is 2.57. The molecule has 0 aliphatic rings. The maximum absolute atomic E-state index is 13.2. The molecule has 0 bridgehead atoms. The Hall–Kier alpha value is -1.92. The Morgan fingerprint density at radius 1 is 1.12 bits per heavy atom. The van der Waals surface area contributed by atoms with E-state index in [4.69, 9.17) is 4.43 Å². The van der Waals surface area contributed by atoms with Crippen LogP contribution in [0.2, 0.25) is 13.1 Å². The number of carbonyl (C=O) groups excluding carboxylic acids is 1. The van der Waals surface area contributed by atoms with Crippen molar-refractivity contribution in [3.63, 3.8) is 0 Å². The second kappa shape index (κ2) is 9.14. The molecule has 26 heavy (non-hydrogen) atoms. The number of unbranched alkanes of at least 4 members (excludes halogenated alkanes) is 1. The summed E-state index contributed by atoms with van der Waals surface area (Å²) in [4.78, 5) is 24.7. The first kappa shape index (κ1) is 20.4. The lowest BCUT2D eigenvalue weighted by Crippen LogP contribution is -2.17. The normalized spacial score (nSPS) is 10.8. The Labute approximate surface area is 164 Å². The van der Waals surface area contributed by atoms with Crippen molar-refractivity contribution in [3.8, 4) is 5.75 Å². The van der Waals surface area contributed by atoms with Crippen molar-refractivity contribution in [3.05, 3.63) is 63.1 Å². The van der Waals surface area contributed by atoms with Gasteiger partial charge in [0.2, 0.25) is 0 Å². The molecule has 0 saturated heterocycles. The zero-order valence-electron chi connectivity index (χ0n) is 15.1. The standard InChI is InChI=1S/C20H22BrO4Si/c1-4-5-7-13-8-6-9-16(19(13)25-26(2)3)18(22)15-11-10-14(21)12-17(15)20(23)24/h6,8-12H,4-5,7H2,1-3H3,(H,23,24). The van der Waals surface area contributed by atoms with Gasteiger partial charge in [-0.05, 0) is 55.8 Å². The average Bonchev–Trinajstić information content (AvgIpc) is 2.59. The number of hydrogen-bond acceptors (Lipinski definition) is 3. The van der Waals surface area contributed by atoms with Crippen LogP contribution in [0, 0.1) is 0 Å². The van der Waals surface area contributed by atoms with Crippen LogP contribution >= 0.6 is 15.9 Å². The molecular formula is C20H22BrO4Si. The largest absolute Gasteiger partial charge is 0.542 e. The van der Waals surface area contributed by atoms with Crippen molar-refractivity contribution in [1.82, 2.24) is 0 Å². The third-order valence-corrected chi connectivity index (χ3v) is 5.01. The first-order valence-electron chi connectivity index (χ1n) is 8.52. The number of hydrogen-bond donors (Lipinski definition) is 1. The Morgan fingerprint density at radius 3 is 2.46 bits per heavy atom. The number of carboxylic acids is 1. The molecular weight excluding hydrogens is 412 g/mol. The first-order valence-corrected chi connectivity index (χ1v) is 11.7. The molecule has 0 aromatic heterocycles. The van der Waals surface area contributed by atoms with E-state index in [2.05, 4.69) is 22.9 Å². The summed E-state index contributed by atoms with van der Waals surface area (Å²) < 4.78 is 6.68. The molecule has 2 aromatic rings. The van der Waals surface area contributed by atoms with E-state index < -0.39 is 15.0 Å². The number of aromatic carboxylic acids is 1. The molecule has 1 radical (unpaired) electrons. The molecule has 0 spiro atoms. The van der Waals surface area contributed by atoms with Gasteiger partial charge in [0.1, 0.15) is 5.75 Å².